The molecule has 2 amide bonds. The molecule has 1 aromatic carbocycles. The smallest absolute Gasteiger partial charge is 0.273 e. The SMILES string of the molecule is CC(C)CCNC(=O)c1coc(CN(CCC(C)C)C(=O)c2ccc(C(C)(C)C)cc2)n1. The van der Waals surface area contributed by atoms with E-state index in [1.165, 1.54) is 11.8 Å². The van der Waals surface area contributed by atoms with Crippen molar-refractivity contribution >= 4 is 11.8 Å². The summed E-state index contributed by atoms with van der Waals surface area (Å²) in [4.78, 5) is 31.6. The predicted octanol–water partition coefficient (Wildman–Crippen LogP) is 5.44. The third-order valence-corrected chi connectivity index (χ3v) is 5.38. The molecule has 0 aliphatic rings. The fourth-order valence-corrected chi connectivity index (χ4v) is 3.18. The minimum Gasteiger partial charge on any atom is -0.446 e. The van der Waals surface area contributed by atoms with Gasteiger partial charge >= 0.3 is 0 Å². The van der Waals surface area contributed by atoms with Crippen LogP contribution in [0.2, 0.25) is 0 Å². The predicted molar refractivity (Wildman–Crippen MR) is 128 cm³/mol. The van der Waals surface area contributed by atoms with E-state index in [1.54, 1.807) is 4.90 Å². The second-order valence-electron chi connectivity index (χ2n) is 10.3. The van der Waals surface area contributed by atoms with Gasteiger partial charge in [0.15, 0.2) is 5.69 Å². The standard InChI is InChI=1S/C26H39N3O3/c1-18(2)12-14-27-24(30)22-17-32-23(28-22)16-29(15-13-19(3)4)25(31)20-8-10-21(11-9-20)26(5,6)7/h8-11,17-19H,12-16H2,1-7H3,(H,27,30). The normalized spacial score (nSPS) is 11.8. The van der Waals surface area contributed by atoms with Gasteiger partial charge in [0.2, 0.25) is 5.89 Å². The number of benzene rings is 1. The van der Waals surface area contributed by atoms with E-state index < -0.39 is 0 Å². The van der Waals surface area contributed by atoms with Crippen molar-refractivity contribution in [3.05, 3.63) is 53.2 Å². The zero-order valence-electron chi connectivity index (χ0n) is 20.7. The van der Waals surface area contributed by atoms with E-state index in [-0.39, 0.29) is 29.5 Å². The van der Waals surface area contributed by atoms with Crippen LogP contribution in [0, 0.1) is 11.8 Å². The van der Waals surface area contributed by atoms with Gasteiger partial charge in [0, 0.05) is 18.7 Å². The monoisotopic (exact) mass is 441 g/mol. The molecule has 0 aliphatic carbocycles. The molecule has 0 atom stereocenters. The van der Waals surface area contributed by atoms with Crippen molar-refractivity contribution in [3.63, 3.8) is 0 Å². The van der Waals surface area contributed by atoms with Gasteiger partial charge in [0.1, 0.15) is 6.26 Å². The second-order valence-corrected chi connectivity index (χ2v) is 10.3. The van der Waals surface area contributed by atoms with E-state index in [0.29, 0.717) is 36.4 Å². The molecule has 1 N–H and O–H groups in total. The topological polar surface area (TPSA) is 75.4 Å². The summed E-state index contributed by atoms with van der Waals surface area (Å²) in [7, 11) is 0. The second kappa shape index (κ2) is 11.3. The highest BCUT2D eigenvalue weighted by atomic mass is 16.3. The van der Waals surface area contributed by atoms with Gasteiger partial charge in [0.05, 0.1) is 6.54 Å². The average molecular weight is 442 g/mol. The van der Waals surface area contributed by atoms with Crippen LogP contribution in [0.5, 0.6) is 0 Å². The summed E-state index contributed by atoms with van der Waals surface area (Å²) in [5.74, 6) is 1.02. The number of aromatic nitrogens is 1. The van der Waals surface area contributed by atoms with Gasteiger partial charge in [0.25, 0.3) is 11.8 Å². The fraction of sp³-hybridized carbons (Fsp3) is 0.577. The van der Waals surface area contributed by atoms with E-state index in [9.17, 15) is 9.59 Å². The van der Waals surface area contributed by atoms with Crippen LogP contribution >= 0.6 is 0 Å². The molecule has 1 aromatic heterocycles. The van der Waals surface area contributed by atoms with Crippen LogP contribution in [-0.4, -0.2) is 34.8 Å². The van der Waals surface area contributed by atoms with Crippen molar-refractivity contribution in [2.75, 3.05) is 13.1 Å². The Morgan fingerprint density at radius 1 is 1.03 bits per heavy atom. The number of hydrogen-bond acceptors (Lipinski definition) is 4. The number of nitrogens with one attached hydrogen (secondary N) is 1. The Labute approximate surface area is 192 Å². The molecule has 0 fully saturated rings. The van der Waals surface area contributed by atoms with Crippen molar-refractivity contribution in [1.29, 1.82) is 0 Å². The lowest BCUT2D eigenvalue weighted by molar-refractivity contribution is 0.0720. The maximum absolute atomic E-state index is 13.2. The van der Waals surface area contributed by atoms with Gasteiger partial charge in [-0.05, 0) is 47.8 Å². The highest BCUT2D eigenvalue weighted by Crippen LogP contribution is 2.23. The summed E-state index contributed by atoms with van der Waals surface area (Å²) in [6.07, 6.45) is 3.14. The molecular weight excluding hydrogens is 402 g/mol. The molecule has 0 aliphatic heterocycles. The van der Waals surface area contributed by atoms with E-state index >= 15 is 0 Å². The summed E-state index contributed by atoms with van der Waals surface area (Å²) in [6.45, 7) is 16.4. The van der Waals surface area contributed by atoms with Gasteiger partial charge in [-0.1, -0.05) is 60.6 Å². The van der Waals surface area contributed by atoms with Crippen LogP contribution in [0.4, 0.5) is 0 Å². The summed E-state index contributed by atoms with van der Waals surface area (Å²) < 4.78 is 5.53. The van der Waals surface area contributed by atoms with Crippen LogP contribution in [0.15, 0.2) is 34.9 Å². The molecule has 0 spiro atoms. The van der Waals surface area contributed by atoms with Crippen LogP contribution in [-0.2, 0) is 12.0 Å². The maximum Gasteiger partial charge on any atom is 0.273 e. The van der Waals surface area contributed by atoms with Crippen molar-refractivity contribution in [1.82, 2.24) is 15.2 Å². The third kappa shape index (κ3) is 7.81. The lowest BCUT2D eigenvalue weighted by Gasteiger charge is -2.23. The van der Waals surface area contributed by atoms with Crippen LogP contribution < -0.4 is 5.32 Å². The number of rotatable bonds is 10. The molecule has 0 unspecified atom stereocenters. The molecule has 2 rings (SSSR count). The Hall–Kier alpha value is -2.63. The molecule has 0 saturated carbocycles. The Bertz CT molecular complexity index is 876. The van der Waals surface area contributed by atoms with E-state index in [0.717, 1.165) is 12.8 Å². The maximum atomic E-state index is 13.2. The van der Waals surface area contributed by atoms with Gasteiger partial charge in [-0.15, -0.1) is 0 Å². The minimum atomic E-state index is -0.251. The average Bonchev–Trinajstić information content (AvgIpc) is 3.18. The molecule has 6 nitrogen and oxygen atoms in total. The van der Waals surface area contributed by atoms with Gasteiger partial charge in [-0.25, -0.2) is 4.98 Å². The minimum absolute atomic E-state index is 0.0309. The number of amides is 2. The lowest BCUT2D eigenvalue weighted by atomic mass is 9.86. The molecule has 2 aromatic rings. The molecule has 0 saturated heterocycles. The van der Waals surface area contributed by atoms with E-state index in [1.807, 2.05) is 24.3 Å². The first-order valence-electron chi connectivity index (χ1n) is 11.6. The number of oxazole rings is 1. The van der Waals surface area contributed by atoms with Gasteiger partial charge in [-0.3, -0.25) is 9.59 Å². The van der Waals surface area contributed by atoms with Crippen LogP contribution in [0.3, 0.4) is 0 Å². The fourth-order valence-electron chi connectivity index (χ4n) is 3.18. The Kier molecular flexibility index (Phi) is 9.05. The van der Waals surface area contributed by atoms with Crippen LogP contribution in [0.1, 0.15) is 93.6 Å². The first-order valence-corrected chi connectivity index (χ1v) is 11.6. The molecule has 32 heavy (non-hydrogen) atoms. The largest absolute Gasteiger partial charge is 0.446 e. The number of carbonyl (C=O) groups excluding carboxylic acids is 2. The zero-order chi connectivity index (χ0) is 23.9. The molecular formula is C26H39N3O3. The van der Waals surface area contributed by atoms with Crippen molar-refractivity contribution in [3.8, 4) is 0 Å². The van der Waals surface area contributed by atoms with E-state index in [4.69, 9.17) is 4.42 Å². The Morgan fingerprint density at radius 3 is 2.22 bits per heavy atom. The number of nitrogens with zero attached hydrogens (tertiary/aromatic N) is 2. The lowest BCUT2D eigenvalue weighted by Crippen LogP contribution is -2.32. The van der Waals surface area contributed by atoms with Crippen LogP contribution in [0.25, 0.3) is 0 Å². The van der Waals surface area contributed by atoms with Crippen molar-refractivity contribution in [2.45, 2.75) is 73.3 Å². The highest BCUT2D eigenvalue weighted by Gasteiger charge is 2.21. The Morgan fingerprint density at radius 2 is 1.66 bits per heavy atom. The Balaban J connectivity index is 2.11. The summed E-state index contributed by atoms with van der Waals surface area (Å²) in [5.41, 5.74) is 2.10. The number of carbonyl (C=O) groups is 2. The summed E-state index contributed by atoms with van der Waals surface area (Å²) in [6, 6.07) is 7.79. The molecule has 0 radical (unpaired) electrons. The zero-order valence-corrected chi connectivity index (χ0v) is 20.7. The van der Waals surface area contributed by atoms with Gasteiger partial charge in [-0.2, -0.15) is 0 Å². The van der Waals surface area contributed by atoms with Crippen molar-refractivity contribution < 1.29 is 14.0 Å². The van der Waals surface area contributed by atoms with Crippen molar-refractivity contribution in [2.24, 2.45) is 11.8 Å². The highest BCUT2D eigenvalue weighted by molar-refractivity contribution is 5.94. The molecule has 1 heterocycles. The van der Waals surface area contributed by atoms with Gasteiger partial charge < -0.3 is 14.6 Å². The molecule has 6 heteroatoms. The summed E-state index contributed by atoms with van der Waals surface area (Å²) >= 11 is 0. The van der Waals surface area contributed by atoms with E-state index in [2.05, 4.69) is 58.8 Å². The first-order chi connectivity index (χ1) is 15.0. The summed E-state index contributed by atoms with van der Waals surface area (Å²) in [5, 5.41) is 2.86. The third-order valence-electron chi connectivity index (χ3n) is 5.38. The first kappa shape index (κ1) is 25.6. The quantitative estimate of drug-likeness (QED) is 0.533. The number of hydrogen-bond donors (Lipinski definition) is 1. The molecule has 0 bridgehead atoms. The molecule has 176 valence electrons.